The van der Waals surface area contributed by atoms with Crippen LogP contribution in [-0.2, 0) is 0 Å². The maximum atomic E-state index is 14.4. The number of rotatable bonds is 7. The molecule has 2 unspecified atom stereocenters. The molecule has 0 aliphatic rings. The number of ether oxygens (including phenoxy) is 1. The number of nitrogens with one attached hydrogen (secondary N) is 1. The molecule has 1 aromatic rings. The summed E-state index contributed by atoms with van der Waals surface area (Å²) in [7, 11) is 1.50. The number of halogens is 1. The summed E-state index contributed by atoms with van der Waals surface area (Å²) in [5.74, 6) is 0.913. The highest BCUT2D eigenvalue weighted by molar-refractivity contribution is 5.33. The number of benzene rings is 1. The molecule has 0 bridgehead atoms. The molecule has 0 saturated heterocycles. The highest BCUT2D eigenvalue weighted by Crippen LogP contribution is 2.32. The Bertz CT molecular complexity index is 392. The molecule has 3 heteroatoms. The summed E-state index contributed by atoms with van der Waals surface area (Å²) >= 11 is 0. The van der Waals surface area contributed by atoms with Crippen LogP contribution < -0.4 is 10.1 Å². The van der Waals surface area contributed by atoms with Gasteiger partial charge in [-0.05, 0) is 30.9 Å². The van der Waals surface area contributed by atoms with Gasteiger partial charge in [0.1, 0.15) is 0 Å². The van der Waals surface area contributed by atoms with Crippen LogP contribution in [0.5, 0.6) is 5.75 Å². The SMILES string of the molecule is CCCNC(c1cccc(OC)c1F)C(C)C(C)C. The summed E-state index contributed by atoms with van der Waals surface area (Å²) in [6, 6.07) is 5.39. The van der Waals surface area contributed by atoms with Crippen molar-refractivity contribution in [1.82, 2.24) is 5.32 Å². The van der Waals surface area contributed by atoms with Crippen molar-refractivity contribution >= 4 is 0 Å². The van der Waals surface area contributed by atoms with E-state index in [1.54, 1.807) is 6.07 Å². The first-order valence-corrected chi connectivity index (χ1v) is 7.08. The molecule has 0 heterocycles. The molecule has 0 spiro atoms. The van der Waals surface area contributed by atoms with Crippen molar-refractivity contribution in [1.29, 1.82) is 0 Å². The van der Waals surface area contributed by atoms with Crippen LogP contribution in [0.3, 0.4) is 0 Å². The van der Waals surface area contributed by atoms with E-state index in [2.05, 4.69) is 33.0 Å². The fourth-order valence-electron chi connectivity index (χ4n) is 2.19. The number of methoxy groups -OCH3 is 1. The van der Waals surface area contributed by atoms with Crippen LogP contribution >= 0.6 is 0 Å². The van der Waals surface area contributed by atoms with E-state index in [9.17, 15) is 4.39 Å². The van der Waals surface area contributed by atoms with Crippen molar-refractivity contribution in [2.45, 2.75) is 40.2 Å². The molecule has 0 radical (unpaired) electrons. The van der Waals surface area contributed by atoms with E-state index in [1.165, 1.54) is 7.11 Å². The van der Waals surface area contributed by atoms with Gasteiger partial charge in [-0.1, -0.05) is 39.8 Å². The smallest absolute Gasteiger partial charge is 0.169 e. The zero-order valence-corrected chi connectivity index (χ0v) is 12.7. The van der Waals surface area contributed by atoms with E-state index in [0.717, 1.165) is 13.0 Å². The Morgan fingerprint density at radius 1 is 1.26 bits per heavy atom. The third kappa shape index (κ3) is 3.93. The molecule has 0 fully saturated rings. The molecule has 0 aromatic heterocycles. The first kappa shape index (κ1) is 16.0. The minimum atomic E-state index is -0.244. The van der Waals surface area contributed by atoms with E-state index in [1.807, 2.05) is 12.1 Å². The van der Waals surface area contributed by atoms with E-state index >= 15 is 0 Å². The summed E-state index contributed by atoms with van der Waals surface area (Å²) in [4.78, 5) is 0. The van der Waals surface area contributed by atoms with Crippen LogP contribution in [0.15, 0.2) is 18.2 Å². The minimum absolute atomic E-state index is 0.0232. The van der Waals surface area contributed by atoms with Crippen LogP contribution in [0.1, 0.15) is 45.7 Å². The minimum Gasteiger partial charge on any atom is -0.494 e. The van der Waals surface area contributed by atoms with Crippen LogP contribution in [0, 0.1) is 17.7 Å². The third-order valence-electron chi connectivity index (χ3n) is 3.74. The van der Waals surface area contributed by atoms with Gasteiger partial charge in [-0.25, -0.2) is 4.39 Å². The van der Waals surface area contributed by atoms with E-state index in [4.69, 9.17) is 4.74 Å². The summed E-state index contributed by atoms with van der Waals surface area (Å²) < 4.78 is 19.5. The predicted molar refractivity (Wildman–Crippen MR) is 78.0 cm³/mol. The molecule has 1 aromatic carbocycles. The molecular formula is C16H26FNO. The monoisotopic (exact) mass is 267 g/mol. The second-order valence-electron chi connectivity index (χ2n) is 5.40. The number of hydrogen-bond acceptors (Lipinski definition) is 2. The lowest BCUT2D eigenvalue weighted by Crippen LogP contribution is -2.31. The molecule has 1 rings (SSSR count). The standard InChI is InChI=1S/C16H26FNO/c1-6-10-18-16(12(4)11(2)3)13-8-7-9-14(19-5)15(13)17/h7-9,11-12,16,18H,6,10H2,1-5H3. The van der Waals surface area contributed by atoms with E-state index in [-0.39, 0.29) is 11.9 Å². The highest BCUT2D eigenvalue weighted by atomic mass is 19.1. The Morgan fingerprint density at radius 3 is 2.47 bits per heavy atom. The normalized spacial score (nSPS) is 14.5. The fourth-order valence-corrected chi connectivity index (χ4v) is 2.19. The van der Waals surface area contributed by atoms with Crippen molar-refractivity contribution in [2.24, 2.45) is 11.8 Å². The lowest BCUT2D eigenvalue weighted by Gasteiger charge is -2.29. The Balaban J connectivity index is 3.09. The summed E-state index contributed by atoms with van der Waals surface area (Å²) in [5.41, 5.74) is 0.703. The van der Waals surface area contributed by atoms with Crippen LogP contribution in [0.25, 0.3) is 0 Å². The van der Waals surface area contributed by atoms with E-state index < -0.39 is 0 Å². The summed E-state index contributed by atoms with van der Waals surface area (Å²) in [6.45, 7) is 9.51. The maximum absolute atomic E-state index is 14.4. The van der Waals surface area contributed by atoms with Gasteiger partial charge in [0.25, 0.3) is 0 Å². The Hall–Kier alpha value is -1.09. The summed E-state index contributed by atoms with van der Waals surface area (Å²) in [5, 5.41) is 3.46. The van der Waals surface area contributed by atoms with Crippen molar-refractivity contribution in [2.75, 3.05) is 13.7 Å². The molecule has 0 aliphatic heterocycles. The maximum Gasteiger partial charge on any atom is 0.169 e. The van der Waals surface area contributed by atoms with Gasteiger partial charge in [-0.3, -0.25) is 0 Å². The van der Waals surface area contributed by atoms with Crippen molar-refractivity contribution in [3.63, 3.8) is 0 Å². The first-order chi connectivity index (χ1) is 9.02. The molecule has 0 aliphatic carbocycles. The largest absolute Gasteiger partial charge is 0.494 e. The average molecular weight is 267 g/mol. The highest BCUT2D eigenvalue weighted by Gasteiger charge is 2.25. The Kier molecular flexibility index (Phi) is 6.29. The van der Waals surface area contributed by atoms with Gasteiger partial charge in [0.15, 0.2) is 11.6 Å². The van der Waals surface area contributed by atoms with Crippen LogP contribution in [-0.4, -0.2) is 13.7 Å². The van der Waals surface area contributed by atoms with Gasteiger partial charge >= 0.3 is 0 Å². The molecule has 0 saturated carbocycles. The Morgan fingerprint density at radius 2 is 1.95 bits per heavy atom. The molecule has 108 valence electrons. The van der Waals surface area contributed by atoms with Gasteiger partial charge in [0, 0.05) is 11.6 Å². The van der Waals surface area contributed by atoms with Gasteiger partial charge in [0.2, 0.25) is 0 Å². The van der Waals surface area contributed by atoms with Gasteiger partial charge in [0.05, 0.1) is 7.11 Å². The molecule has 0 amide bonds. The molecule has 2 atom stereocenters. The molecular weight excluding hydrogens is 241 g/mol. The summed E-state index contributed by atoms with van der Waals surface area (Å²) in [6.07, 6.45) is 1.03. The lowest BCUT2D eigenvalue weighted by molar-refractivity contribution is 0.293. The molecule has 1 N–H and O–H groups in total. The van der Waals surface area contributed by atoms with E-state index in [0.29, 0.717) is 23.1 Å². The third-order valence-corrected chi connectivity index (χ3v) is 3.74. The fraction of sp³-hybridized carbons (Fsp3) is 0.625. The quantitative estimate of drug-likeness (QED) is 0.800. The second kappa shape index (κ2) is 7.49. The van der Waals surface area contributed by atoms with Gasteiger partial charge in [-0.2, -0.15) is 0 Å². The predicted octanol–water partition coefficient (Wildman–Crippen LogP) is 4.17. The molecule has 2 nitrogen and oxygen atoms in total. The van der Waals surface area contributed by atoms with Crippen LogP contribution in [0.2, 0.25) is 0 Å². The zero-order valence-electron chi connectivity index (χ0n) is 12.7. The van der Waals surface area contributed by atoms with Crippen molar-refractivity contribution < 1.29 is 9.13 Å². The topological polar surface area (TPSA) is 21.3 Å². The van der Waals surface area contributed by atoms with Crippen LogP contribution in [0.4, 0.5) is 4.39 Å². The van der Waals surface area contributed by atoms with Crippen molar-refractivity contribution in [3.8, 4) is 5.75 Å². The first-order valence-electron chi connectivity index (χ1n) is 7.08. The lowest BCUT2D eigenvalue weighted by atomic mass is 9.85. The van der Waals surface area contributed by atoms with Crippen molar-refractivity contribution in [3.05, 3.63) is 29.6 Å². The van der Waals surface area contributed by atoms with Gasteiger partial charge < -0.3 is 10.1 Å². The molecule has 19 heavy (non-hydrogen) atoms. The second-order valence-corrected chi connectivity index (χ2v) is 5.40. The zero-order chi connectivity index (χ0) is 14.4. The average Bonchev–Trinajstić information content (AvgIpc) is 2.40. The number of hydrogen-bond donors (Lipinski definition) is 1. The Labute approximate surface area is 116 Å². The van der Waals surface area contributed by atoms with Gasteiger partial charge in [-0.15, -0.1) is 0 Å².